The summed E-state index contributed by atoms with van der Waals surface area (Å²) in [6, 6.07) is 10.6. The Morgan fingerprint density at radius 1 is 0.971 bits per heavy atom. The molecule has 0 saturated carbocycles. The number of nitrogens with one attached hydrogen (secondary N) is 1. The van der Waals surface area contributed by atoms with E-state index >= 15 is 0 Å². The zero-order valence-electron chi connectivity index (χ0n) is 21.8. The zero-order chi connectivity index (χ0) is 25.5. The summed E-state index contributed by atoms with van der Waals surface area (Å²) in [5.41, 5.74) is 6.93. The summed E-state index contributed by atoms with van der Waals surface area (Å²) < 4.78 is 15.9. The molecule has 0 bridgehead atoms. The van der Waals surface area contributed by atoms with Crippen LogP contribution in [0.2, 0.25) is 0 Å². The SMILES string of the molecule is Cc1ccc(Cc2c(C)cc(OCC(=O)OCCNC(=O)OC(C)(C)C)cc2C)cc1C(C)C. The standard InChI is InChI=1S/C28H39NO5/c1-18(2)24-15-22(10-9-19(24)3)16-25-20(4)13-23(14-21(25)5)33-17-26(30)32-12-11-29-27(31)34-28(6,7)8/h9-10,13-15,18H,11-12,16-17H2,1-8H3,(H,29,31). The van der Waals surface area contributed by atoms with Crippen LogP contribution in [0.15, 0.2) is 30.3 Å². The number of ether oxygens (including phenoxy) is 3. The molecule has 2 rings (SSSR count). The van der Waals surface area contributed by atoms with Gasteiger partial charge in [0.1, 0.15) is 18.0 Å². The maximum absolute atomic E-state index is 12.0. The normalized spacial score (nSPS) is 11.3. The van der Waals surface area contributed by atoms with Gasteiger partial charge in [0.2, 0.25) is 0 Å². The third kappa shape index (κ3) is 8.73. The van der Waals surface area contributed by atoms with Gasteiger partial charge in [-0.25, -0.2) is 9.59 Å². The van der Waals surface area contributed by atoms with Gasteiger partial charge in [0.05, 0.1) is 6.54 Å². The van der Waals surface area contributed by atoms with E-state index in [9.17, 15) is 9.59 Å². The lowest BCUT2D eigenvalue weighted by Gasteiger charge is -2.19. The van der Waals surface area contributed by atoms with E-state index in [-0.39, 0.29) is 19.8 Å². The predicted octanol–water partition coefficient (Wildman–Crippen LogP) is 5.77. The van der Waals surface area contributed by atoms with Crippen molar-refractivity contribution >= 4 is 12.1 Å². The highest BCUT2D eigenvalue weighted by Crippen LogP contribution is 2.27. The minimum absolute atomic E-state index is 0.0490. The van der Waals surface area contributed by atoms with Gasteiger partial charge in [0.25, 0.3) is 0 Å². The molecule has 2 aromatic carbocycles. The van der Waals surface area contributed by atoms with Gasteiger partial charge < -0.3 is 19.5 Å². The molecule has 6 nitrogen and oxygen atoms in total. The van der Waals surface area contributed by atoms with E-state index < -0.39 is 17.7 Å². The van der Waals surface area contributed by atoms with Crippen molar-refractivity contribution in [2.24, 2.45) is 0 Å². The Morgan fingerprint density at radius 2 is 1.62 bits per heavy atom. The van der Waals surface area contributed by atoms with Crippen LogP contribution in [0.5, 0.6) is 5.75 Å². The van der Waals surface area contributed by atoms with Crippen LogP contribution in [0.25, 0.3) is 0 Å². The molecular formula is C28H39NO5. The number of benzene rings is 2. The largest absolute Gasteiger partial charge is 0.482 e. The van der Waals surface area contributed by atoms with Gasteiger partial charge in [-0.15, -0.1) is 0 Å². The summed E-state index contributed by atoms with van der Waals surface area (Å²) in [5.74, 6) is 0.631. The number of carbonyl (C=O) groups is 2. The minimum Gasteiger partial charge on any atom is -0.482 e. The van der Waals surface area contributed by atoms with Gasteiger partial charge in [-0.3, -0.25) is 0 Å². The molecule has 0 radical (unpaired) electrons. The van der Waals surface area contributed by atoms with Crippen molar-refractivity contribution in [3.05, 3.63) is 63.7 Å². The fraction of sp³-hybridized carbons (Fsp3) is 0.500. The van der Waals surface area contributed by atoms with E-state index in [1.54, 1.807) is 20.8 Å². The average molecular weight is 470 g/mol. The number of esters is 1. The highest BCUT2D eigenvalue weighted by atomic mass is 16.6. The Kier molecular flexibility index (Phi) is 9.54. The van der Waals surface area contributed by atoms with Gasteiger partial charge in [-0.2, -0.15) is 0 Å². The van der Waals surface area contributed by atoms with Crippen molar-refractivity contribution < 1.29 is 23.8 Å². The molecule has 0 aliphatic rings. The Morgan fingerprint density at radius 3 is 2.21 bits per heavy atom. The fourth-order valence-electron chi connectivity index (χ4n) is 3.76. The van der Waals surface area contributed by atoms with Crippen LogP contribution in [-0.4, -0.2) is 37.4 Å². The predicted molar refractivity (Wildman–Crippen MR) is 135 cm³/mol. The molecule has 186 valence electrons. The van der Waals surface area contributed by atoms with E-state index in [2.05, 4.69) is 58.1 Å². The number of alkyl carbamates (subject to hydrolysis) is 1. The maximum Gasteiger partial charge on any atom is 0.407 e. The molecule has 0 atom stereocenters. The second kappa shape index (κ2) is 11.9. The highest BCUT2D eigenvalue weighted by molar-refractivity contribution is 5.71. The number of amides is 1. The summed E-state index contributed by atoms with van der Waals surface area (Å²) in [6.45, 7) is 16.1. The number of hydrogen-bond donors (Lipinski definition) is 1. The fourth-order valence-corrected chi connectivity index (χ4v) is 3.76. The second-order valence-corrected chi connectivity index (χ2v) is 10.00. The average Bonchev–Trinajstić information content (AvgIpc) is 2.72. The van der Waals surface area contributed by atoms with Crippen LogP contribution in [0.1, 0.15) is 73.9 Å². The summed E-state index contributed by atoms with van der Waals surface area (Å²) >= 11 is 0. The minimum atomic E-state index is -0.572. The first-order valence-corrected chi connectivity index (χ1v) is 11.8. The van der Waals surface area contributed by atoms with Crippen LogP contribution >= 0.6 is 0 Å². The number of aryl methyl sites for hydroxylation is 3. The van der Waals surface area contributed by atoms with Gasteiger partial charge in [0.15, 0.2) is 6.61 Å². The van der Waals surface area contributed by atoms with Crippen LogP contribution in [0.3, 0.4) is 0 Å². The lowest BCUT2D eigenvalue weighted by Crippen LogP contribution is -2.34. The van der Waals surface area contributed by atoms with Crippen LogP contribution in [0, 0.1) is 20.8 Å². The Labute approximate surface area is 204 Å². The molecule has 0 saturated heterocycles. The maximum atomic E-state index is 12.0. The summed E-state index contributed by atoms with van der Waals surface area (Å²) in [5, 5.41) is 2.54. The Hall–Kier alpha value is -3.02. The van der Waals surface area contributed by atoms with Crippen molar-refractivity contribution in [2.45, 2.75) is 73.3 Å². The molecular weight excluding hydrogens is 430 g/mol. The molecule has 0 aliphatic heterocycles. The molecule has 2 aromatic rings. The second-order valence-electron chi connectivity index (χ2n) is 10.00. The van der Waals surface area contributed by atoms with E-state index in [4.69, 9.17) is 14.2 Å². The molecule has 6 heteroatoms. The molecule has 0 spiro atoms. The number of carbonyl (C=O) groups excluding carboxylic acids is 2. The first-order valence-electron chi connectivity index (χ1n) is 11.8. The van der Waals surface area contributed by atoms with Crippen LogP contribution < -0.4 is 10.1 Å². The van der Waals surface area contributed by atoms with Crippen LogP contribution in [0.4, 0.5) is 4.79 Å². The zero-order valence-corrected chi connectivity index (χ0v) is 21.8. The Bertz CT molecular complexity index is 981. The highest BCUT2D eigenvalue weighted by Gasteiger charge is 2.16. The lowest BCUT2D eigenvalue weighted by atomic mass is 9.91. The molecule has 1 N–H and O–H groups in total. The van der Waals surface area contributed by atoms with E-state index in [0.717, 1.165) is 17.5 Å². The topological polar surface area (TPSA) is 73.9 Å². The quantitative estimate of drug-likeness (QED) is 0.373. The monoisotopic (exact) mass is 469 g/mol. The van der Waals surface area contributed by atoms with Gasteiger partial charge in [-0.05, 0) is 99.4 Å². The molecule has 0 aromatic heterocycles. The summed E-state index contributed by atoms with van der Waals surface area (Å²) in [7, 11) is 0. The molecule has 0 aliphatic carbocycles. The van der Waals surface area contributed by atoms with Crippen molar-refractivity contribution in [1.82, 2.24) is 5.32 Å². The molecule has 0 heterocycles. The number of rotatable bonds is 9. The van der Waals surface area contributed by atoms with Crippen LogP contribution in [-0.2, 0) is 20.7 Å². The van der Waals surface area contributed by atoms with E-state index in [0.29, 0.717) is 11.7 Å². The third-order valence-electron chi connectivity index (χ3n) is 5.41. The van der Waals surface area contributed by atoms with Crippen molar-refractivity contribution in [3.8, 4) is 5.75 Å². The van der Waals surface area contributed by atoms with Crippen molar-refractivity contribution in [2.75, 3.05) is 19.8 Å². The number of hydrogen-bond acceptors (Lipinski definition) is 5. The first kappa shape index (κ1) is 27.2. The Balaban J connectivity index is 1.87. The van der Waals surface area contributed by atoms with Crippen molar-refractivity contribution in [3.63, 3.8) is 0 Å². The first-order chi connectivity index (χ1) is 15.9. The van der Waals surface area contributed by atoms with Gasteiger partial charge in [0, 0.05) is 0 Å². The molecule has 0 unspecified atom stereocenters. The van der Waals surface area contributed by atoms with Gasteiger partial charge >= 0.3 is 12.1 Å². The summed E-state index contributed by atoms with van der Waals surface area (Å²) in [4.78, 5) is 23.6. The van der Waals surface area contributed by atoms with Gasteiger partial charge in [-0.1, -0.05) is 32.0 Å². The molecule has 0 fully saturated rings. The smallest absolute Gasteiger partial charge is 0.407 e. The molecule has 1 amide bonds. The summed E-state index contributed by atoms with van der Waals surface area (Å²) in [6.07, 6.45) is 0.307. The lowest BCUT2D eigenvalue weighted by molar-refractivity contribution is -0.145. The van der Waals surface area contributed by atoms with E-state index in [1.165, 1.54) is 22.3 Å². The van der Waals surface area contributed by atoms with Crippen molar-refractivity contribution in [1.29, 1.82) is 0 Å². The molecule has 34 heavy (non-hydrogen) atoms. The third-order valence-corrected chi connectivity index (χ3v) is 5.41. The van der Waals surface area contributed by atoms with E-state index in [1.807, 2.05) is 12.1 Å².